The quantitative estimate of drug-likeness (QED) is 0.252. The van der Waals surface area contributed by atoms with Crippen molar-refractivity contribution in [1.29, 1.82) is 0 Å². The number of aromatic nitrogens is 3. The fraction of sp³-hybridized carbons (Fsp3) is 0.211. The third kappa shape index (κ3) is 4.66. The van der Waals surface area contributed by atoms with Gasteiger partial charge in [0.15, 0.2) is 11.0 Å². The molecule has 1 atom stereocenters. The molecule has 0 radical (unpaired) electrons. The predicted octanol–water partition coefficient (Wildman–Crippen LogP) is 2.83. The fourth-order valence-corrected chi connectivity index (χ4v) is 3.47. The molecule has 8 heteroatoms. The molecule has 27 heavy (non-hydrogen) atoms. The van der Waals surface area contributed by atoms with Gasteiger partial charge in [0.25, 0.3) is 0 Å². The van der Waals surface area contributed by atoms with Crippen LogP contribution in [-0.4, -0.2) is 26.4 Å². The molecule has 2 aromatic carbocycles. The Labute approximate surface area is 162 Å². The predicted molar refractivity (Wildman–Crippen MR) is 108 cm³/mol. The van der Waals surface area contributed by atoms with E-state index in [4.69, 9.17) is 5.84 Å². The number of amides is 1. The van der Waals surface area contributed by atoms with E-state index in [1.807, 2.05) is 54.0 Å². The Morgan fingerprint density at radius 1 is 1.19 bits per heavy atom. The second kappa shape index (κ2) is 8.70. The van der Waals surface area contributed by atoms with Crippen LogP contribution in [0.25, 0.3) is 5.69 Å². The van der Waals surface area contributed by atoms with Crippen molar-refractivity contribution in [3.8, 4) is 5.69 Å². The standard InChI is InChI=1S/C19H22N6OS/c1-13-7-6-8-15(11-13)21-14(2)18-23-24-19(27-12-17(26)22-20)25(18)16-9-4-3-5-10-16/h3-11,14,21H,12,20H2,1-2H3,(H,22,26). The van der Waals surface area contributed by atoms with Crippen LogP contribution in [0.5, 0.6) is 0 Å². The van der Waals surface area contributed by atoms with Crippen LogP contribution in [0, 0.1) is 6.92 Å². The molecule has 1 aromatic heterocycles. The number of benzene rings is 2. The van der Waals surface area contributed by atoms with Gasteiger partial charge in [-0.3, -0.25) is 14.8 Å². The first-order valence-electron chi connectivity index (χ1n) is 8.54. The van der Waals surface area contributed by atoms with Crippen LogP contribution in [-0.2, 0) is 4.79 Å². The zero-order valence-corrected chi connectivity index (χ0v) is 16.0. The number of carbonyl (C=O) groups excluding carboxylic acids is 1. The van der Waals surface area contributed by atoms with Crippen LogP contribution in [0.3, 0.4) is 0 Å². The Morgan fingerprint density at radius 3 is 2.67 bits per heavy atom. The molecule has 0 aliphatic rings. The summed E-state index contributed by atoms with van der Waals surface area (Å²) in [5, 5.41) is 12.8. The number of nitrogens with one attached hydrogen (secondary N) is 2. The molecule has 1 unspecified atom stereocenters. The molecule has 4 N–H and O–H groups in total. The molecule has 0 fully saturated rings. The lowest BCUT2D eigenvalue weighted by Gasteiger charge is -2.17. The number of aryl methyl sites for hydroxylation is 1. The number of hydrazine groups is 1. The van der Waals surface area contributed by atoms with E-state index in [0.717, 1.165) is 17.2 Å². The molecule has 0 saturated heterocycles. The first-order valence-corrected chi connectivity index (χ1v) is 9.53. The van der Waals surface area contributed by atoms with Gasteiger partial charge >= 0.3 is 0 Å². The number of hydrogen-bond donors (Lipinski definition) is 3. The molecular weight excluding hydrogens is 360 g/mol. The Kier molecular flexibility index (Phi) is 6.10. The van der Waals surface area contributed by atoms with Crippen molar-refractivity contribution in [3.05, 3.63) is 66.0 Å². The van der Waals surface area contributed by atoms with Crippen molar-refractivity contribution in [2.24, 2.45) is 5.84 Å². The van der Waals surface area contributed by atoms with Gasteiger partial charge in [0.1, 0.15) is 0 Å². The van der Waals surface area contributed by atoms with Gasteiger partial charge in [-0.25, -0.2) is 5.84 Å². The van der Waals surface area contributed by atoms with Gasteiger partial charge in [0.2, 0.25) is 5.91 Å². The molecule has 7 nitrogen and oxygen atoms in total. The number of carbonyl (C=O) groups is 1. The smallest absolute Gasteiger partial charge is 0.244 e. The Hall–Kier alpha value is -2.84. The molecule has 3 rings (SSSR count). The molecule has 1 amide bonds. The van der Waals surface area contributed by atoms with Crippen LogP contribution in [0.2, 0.25) is 0 Å². The zero-order chi connectivity index (χ0) is 19.2. The Morgan fingerprint density at radius 2 is 1.96 bits per heavy atom. The van der Waals surface area contributed by atoms with Crippen molar-refractivity contribution in [2.75, 3.05) is 11.1 Å². The van der Waals surface area contributed by atoms with Crippen molar-refractivity contribution in [1.82, 2.24) is 20.2 Å². The van der Waals surface area contributed by atoms with Crippen LogP contribution in [0.4, 0.5) is 5.69 Å². The average Bonchev–Trinajstić information content (AvgIpc) is 3.11. The summed E-state index contributed by atoms with van der Waals surface area (Å²) >= 11 is 1.29. The minimum absolute atomic E-state index is 0.0859. The highest BCUT2D eigenvalue weighted by atomic mass is 32.2. The van der Waals surface area contributed by atoms with Gasteiger partial charge in [-0.2, -0.15) is 0 Å². The number of para-hydroxylation sites is 1. The van der Waals surface area contributed by atoms with Crippen molar-refractivity contribution >= 4 is 23.4 Å². The average molecular weight is 382 g/mol. The highest BCUT2D eigenvalue weighted by Crippen LogP contribution is 2.27. The molecule has 0 saturated carbocycles. The molecule has 1 heterocycles. The summed E-state index contributed by atoms with van der Waals surface area (Å²) in [6, 6.07) is 17.9. The van der Waals surface area contributed by atoms with Gasteiger partial charge in [-0.1, -0.05) is 42.1 Å². The Balaban J connectivity index is 1.92. The zero-order valence-electron chi connectivity index (χ0n) is 15.2. The summed E-state index contributed by atoms with van der Waals surface area (Å²) in [6.07, 6.45) is 0. The van der Waals surface area contributed by atoms with E-state index in [1.165, 1.54) is 17.3 Å². The Bertz CT molecular complexity index is 912. The SMILES string of the molecule is Cc1cccc(NC(C)c2nnc(SCC(=O)NN)n2-c2ccccc2)c1. The molecule has 140 valence electrons. The van der Waals surface area contributed by atoms with Gasteiger partial charge in [-0.05, 0) is 43.7 Å². The number of nitrogens with two attached hydrogens (primary N) is 1. The summed E-state index contributed by atoms with van der Waals surface area (Å²) in [5.41, 5.74) is 5.27. The number of hydrogen-bond acceptors (Lipinski definition) is 6. The summed E-state index contributed by atoms with van der Waals surface area (Å²) in [6.45, 7) is 4.09. The van der Waals surface area contributed by atoms with Crippen LogP contribution in [0.15, 0.2) is 59.8 Å². The first-order chi connectivity index (χ1) is 13.1. The van der Waals surface area contributed by atoms with E-state index >= 15 is 0 Å². The summed E-state index contributed by atoms with van der Waals surface area (Å²) in [7, 11) is 0. The van der Waals surface area contributed by atoms with E-state index in [-0.39, 0.29) is 17.7 Å². The molecule has 0 bridgehead atoms. The highest BCUT2D eigenvalue weighted by molar-refractivity contribution is 7.99. The van der Waals surface area contributed by atoms with Gasteiger partial charge in [0.05, 0.1) is 11.8 Å². The number of rotatable bonds is 7. The maximum Gasteiger partial charge on any atom is 0.244 e. The maximum absolute atomic E-state index is 11.5. The van der Waals surface area contributed by atoms with E-state index in [0.29, 0.717) is 5.16 Å². The molecule has 3 aromatic rings. The molecular formula is C19H22N6OS. The van der Waals surface area contributed by atoms with Gasteiger partial charge in [-0.15, -0.1) is 10.2 Å². The van der Waals surface area contributed by atoms with Crippen molar-refractivity contribution in [2.45, 2.75) is 25.0 Å². The summed E-state index contributed by atoms with van der Waals surface area (Å²) < 4.78 is 1.96. The van der Waals surface area contributed by atoms with Crippen LogP contribution in [0.1, 0.15) is 24.4 Å². The van der Waals surface area contributed by atoms with Crippen LogP contribution < -0.4 is 16.6 Å². The second-order valence-corrected chi connectivity index (χ2v) is 7.05. The van der Waals surface area contributed by atoms with Crippen molar-refractivity contribution < 1.29 is 4.79 Å². The van der Waals surface area contributed by atoms with Crippen molar-refractivity contribution in [3.63, 3.8) is 0 Å². The molecule has 0 aliphatic carbocycles. The van der Waals surface area contributed by atoms with E-state index < -0.39 is 0 Å². The van der Waals surface area contributed by atoms with Gasteiger partial charge < -0.3 is 5.32 Å². The fourth-order valence-electron chi connectivity index (χ4n) is 2.70. The molecule has 0 spiro atoms. The van der Waals surface area contributed by atoms with E-state index in [9.17, 15) is 4.79 Å². The van der Waals surface area contributed by atoms with Crippen LogP contribution >= 0.6 is 11.8 Å². The lowest BCUT2D eigenvalue weighted by atomic mass is 10.2. The lowest BCUT2D eigenvalue weighted by molar-refractivity contribution is -0.118. The normalized spacial score (nSPS) is 11.8. The third-order valence-electron chi connectivity index (χ3n) is 3.95. The van der Waals surface area contributed by atoms with E-state index in [2.05, 4.69) is 40.0 Å². The molecule has 0 aliphatic heterocycles. The minimum atomic E-state index is -0.268. The number of thioether (sulfide) groups is 1. The second-order valence-electron chi connectivity index (χ2n) is 6.10. The van der Waals surface area contributed by atoms with E-state index in [1.54, 1.807) is 0 Å². The third-order valence-corrected chi connectivity index (χ3v) is 4.88. The lowest BCUT2D eigenvalue weighted by Crippen LogP contribution is -2.31. The largest absolute Gasteiger partial charge is 0.375 e. The van der Waals surface area contributed by atoms with Gasteiger partial charge in [0, 0.05) is 11.4 Å². The number of anilines is 1. The first kappa shape index (κ1) is 18.9. The minimum Gasteiger partial charge on any atom is -0.375 e. The topological polar surface area (TPSA) is 97.9 Å². The summed E-state index contributed by atoms with van der Waals surface area (Å²) in [5.74, 6) is 5.83. The number of nitrogens with zero attached hydrogens (tertiary/aromatic N) is 3. The summed E-state index contributed by atoms with van der Waals surface area (Å²) in [4.78, 5) is 11.5. The maximum atomic E-state index is 11.5. The monoisotopic (exact) mass is 382 g/mol. The highest BCUT2D eigenvalue weighted by Gasteiger charge is 2.20.